The van der Waals surface area contributed by atoms with Gasteiger partial charge in [-0.3, -0.25) is 10.1 Å². The average Bonchev–Trinajstić information content (AvgIpc) is 3.36. The minimum atomic E-state index is -4.88. The predicted octanol–water partition coefficient (Wildman–Crippen LogP) is 4.33. The number of aromatic nitrogens is 3. The first-order valence-corrected chi connectivity index (χ1v) is 12.6. The first kappa shape index (κ1) is 27.5. The number of nitrogens with one attached hydrogen (secondary N) is 1. The Morgan fingerprint density at radius 2 is 2.00 bits per heavy atom. The van der Waals surface area contributed by atoms with Gasteiger partial charge < -0.3 is 24.2 Å². The number of halogens is 3. The fraction of sp³-hybridized carbons (Fsp3) is 0.417. The van der Waals surface area contributed by atoms with Crippen LogP contribution in [0.3, 0.4) is 0 Å². The van der Waals surface area contributed by atoms with Crippen molar-refractivity contribution in [2.45, 2.75) is 32.4 Å². The van der Waals surface area contributed by atoms with Crippen LogP contribution in [-0.4, -0.2) is 65.4 Å². The predicted molar refractivity (Wildman–Crippen MR) is 133 cm³/mol. The summed E-state index contributed by atoms with van der Waals surface area (Å²) in [7, 11) is 1.24. The fourth-order valence-corrected chi connectivity index (χ4v) is 4.70. The van der Waals surface area contributed by atoms with Crippen LogP contribution in [0.15, 0.2) is 36.0 Å². The molecule has 14 heteroatoms. The minimum absolute atomic E-state index is 0.0639. The number of amides is 1. The van der Waals surface area contributed by atoms with Gasteiger partial charge in [0.1, 0.15) is 11.5 Å². The van der Waals surface area contributed by atoms with E-state index in [0.29, 0.717) is 36.8 Å². The van der Waals surface area contributed by atoms with Gasteiger partial charge in [0.2, 0.25) is 0 Å². The Bertz CT molecular complexity index is 1230. The van der Waals surface area contributed by atoms with Gasteiger partial charge in [0.15, 0.2) is 22.9 Å². The monoisotopic (exact) mass is 553 g/mol. The molecular weight excluding hydrogens is 527 g/mol. The van der Waals surface area contributed by atoms with Crippen molar-refractivity contribution in [1.29, 1.82) is 0 Å². The highest BCUT2D eigenvalue weighted by atomic mass is 32.1. The van der Waals surface area contributed by atoms with Crippen LogP contribution in [0, 0.1) is 5.92 Å². The number of thiazole rings is 1. The number of benzene rings is 1. The highest BCUT2D eigenvalue weighted by Crippen LogP contribution is 2.36. The first-order valence-electron chi connectivity index (χ1n) is 11.7. The second kappa shape index (κ2) is 11.9. The van der Waals surface area contributed by atoms with E-state index in [1.54, 1.807) is 5.38 Å². The standard InChI is InChI=1S/C24H26F3N5O5S/c1-3-36-22(34)14-6-8-32(9-7-14)20-12-28-16(11-29-20)21(33)31-23-30-17(13-38-23)15-4-5-18(35-2)19(10-15)37-24(25,26)27/h4-5,10-14,22,34H,3,6-9H2,1-2H3,(H,30,31,33). The molecule has 0 radical (unpaired) electrons. The van der Waals surface area contributed by atoms with Crippen LogP contribution in [0.1, 0.15) is 30.3 Å². The van der Waals surface area contributed by atoms with Gasteiger partial charge >= 0.3 is 6.36 Å². The number of anilines is 2. The van der Waals surface area contributed by atoms with Crippen molar-refractivity contribution in [3.8, 4) is 22.8 Å². The van der Waals surface area contributed by atoms with E-state index >= 15 is 0 Å². The average molecular weight is 554 g/mol. The SMILES string of the molecule is CCOC(O)C1CCN(c2cnc(C(=O)Nc3nc(-c4ccc(OC)c(OC(F)(F)F)c4)cs3)cn2)CC1. The van der Waals surface area contributed by atoms with E-state index in [2.05, 4.69) is 25.0 Å². The van der Waals surface area contributed by atoms with Crippen LogP contribution in [0.2, 0.25) is 0 Å². The number of alkyl halides is 3. The number of rotatable bonds is 9. The maximum absolute atomic E-state index is 12.7. The Balaban J connectivity index is 1.37. The molecule has 1 unspecified atom stereocenters. The van der Waals surface area contributed by atoms with E-state index < -0.39 is 24.3 Å². The highest BCUT2D eigenvalue weighted by molar-refractivity contribution is 7.14. The lowest BCUT2D eigenvalue weighted by Crippen LogP contribution is -2.39. The van der Waals surface area contributed by atoms with Crippen molar-refractivity contribution in [3.05, 3.63) is 41.7 Å². The van der Waals surface area contributed by atoms with Crippen molar-refractivity contribution >= 4 is 28.2 Å². The molecule has 0 spiro atoms. The molecule has 1 aromatic carbocycles. The summed E-state index contributed by atoms with van der Waals surface area (Å²) in [6, 6.07) is 4.04. The maximum atomic E-state index is 12.7. The molecule has 3 heterocycles. The molecule has 38 heavy (non-hydrogen) atoms. The third kappa shape index (κ3) is 6.88. The molecule has 1 saturated heterocycles. The topological polar surface area (TPSA) is 119 Å². The van der Waals surface area contributed by atoms with E-state index in [9.17, 15) is 23.1 Å². The summed E-state index contributed by atoms with van der Waals surface area (Å²) < 4.78 is 52.5. The van der Waals surface area contributed by atoms with Gasteiger partial charge in [-0.2, -0.15) is 0 Å². The molecular formula is C24H26F3N5O5S. The van der Waals surface area contributed by atoms with Crippen molar-refractivity contribution in [1.82, 2.24) is 15.0 Å². The van der Waals surface area contributed by atoms with Crippen molar-refractivity contribution in [2.75, 3.05) is 37.0 Å². The van der Waals surface area contributed by atoms with Gasteiger partial charge in [-0.15, -0.1) is 24.5 Å². The Morgan fingerprint density at radius 3 is 2.63 bits per heavy atom. The Hall–Kier alpha value is -3.49. The van der Waals surface area contributed by atoms with Crippen LogP contribution in [-0.2, 0) is 4.74 Å². The van der Waals surface area contributed by atoms with E-state index in [4.69, 9.17) is 9.47 Å². The molecule has 0 saturated carbocycles. The number of carbonyl (C=O) groups excluding carboxylic acids is 1. The van der Waals surface area contributed by atoms with Gasteiger partial charge in [0.05, 0.1) is 25.2 Å². The number of aliphatic hydroxyl groups is 1. The number of hydrogen-bond acceptors (Lipinski definition) is 10. The van der Waals surface area contributed by atoms with Gasteiger partial charge in [0, 0.05) is 36.6 Å². The van der Waals surface area contributed by atoms with E-state index in [1.807, 2.05) is 11.8 Å². The zero-order chi connectivity index (χ0) is 27.3. The largest absolute Gasteiger partial charge is 0.573 e. The molecule has 1 aliphatic rings. The second-order valence-corrected chi connectivity index (χ2v) is 9.19. The molecule has 1 atom stereocenters. The Kier molecular flexibility index (Phi) is 8.64. The maximum Gasteiger partial charge on any atom is 0.573 e. The molecule has 0 aliphatic carbocycles. The van der Waals surface area contributed by atoms with E-state index in [-0.39, 0.29) is 22.5 Å². The van der Waals surface area contributed by atoms with Gasteiger partial charge in [-0.25, -0.2) is 15.0 Å². The number of carbonyl (C=O) groups is 1. The fourth-order valence-electron chi connectivity index (χ4n) is 3.99. The lowest BCUT2D eigenvalue weighted by molar-refractivity contribution is -0.275. The molecule has 204 valence electrons. The first-order chi connectivity index (χ1) is 18.2. The molecule has 1 aliphatic heterocycles. The normalized spacial score (nSPS) is 15.3. The third-order valence-corrected chi connectivity index (χ3v) is 6.64. The molecule has 3 aromatic rings. The summed E-state index contributed by atoms with van der Waals surface area (Å²) in [5, 5.41) is 14.5. The quantitative estimate of drug-likeness (QED) is 0.373. The smallest absolute Gasteiger partial charge is 0.493 e. The van der Waals surface area contributed by atoms with Crippen LogP contribution < -0.4 is 19.7 Å². The summed E-state index contributed by atoms with van der Waals surface area (Å²) in [4.78, 5) is 27.5. The van der Waals surface area contributed by atoms with E-state index in [1.165, 1.54) is 31.6 Å². The van der Waals surface area contributed by atoms with Crippen molar-refractivity contribution in [3.63, 3.8) is 0 Å². The molecule has 1 amide bonds. The Labute approximate surface area is 220 Å². The van der Waals surface area contributed by atoms with Crippen LogP contribution in [0.25, 0.3) is 11.3 Å². The minimum Gasteiger partial charge on any atom is -0.493 e. The lowest BCUT2D eigenvalue weighted by Gasteiger charge is -2.34. The molecule has 2 aromatic heterocycles. The zero-order valence-corrected chi connectivity index (χ0v) is 21.4. The second-order valence-electron chi connectivity index (χ2n) is 8.34. The van der Waals surface area contributed by atoms with Crippen LogP contribution in [0.5, 0.6) is 11.5 Å². The zero-order valence-electron chi connectivity index (χ0n) is 20.6. The molecule has 10 nitrogen and oxygen atoms in total. The highest BCUT2D eigenvalue weighted by Gasteiger charge is 2.33. The molecule has 2 N–H and O–H groups in total. The van der Waals surface area contributed by atoms with Gasteiger partial charge in [-0.05, 0) is 38.0 Å². The summed E-state index contributed by atoms with van der Waals surface area (Å²) in [5.41, 5.74) is 0.778. The number of methoxy groups -OCH3 is 1. The lowest BCUT2D eigenvalue weighted by atomic mass is 9.96. The summed E-state index contributed by atoms with van der Waals surface area (Å²) >= 11 is 1.10. The van der Waals surface area contributed by atoms with Gasteiger partial charge in [-0.1, -0.05) is 0 Å². The third-order valence-electron chi connectivity index (χ3n) is 5.88. The van der Waals surface area contributed by atoms with Crippen molar-refractivity contribution in [2.24, 2.45) is 5.92 Å². The molecule has 0 bridgehead atoms. The van der Waals surface area contributed by atoms with Crippen LogP contribution >= 0.6 is 11.3 Å². The number of piperidine rings is 1. The molecule has 1 fully saturated rings. The van der Waals surface area contributed by atoms with Crippen molar-refractivity contribution < 1.29 is 37.3 Å². The summed E-state index contributed by atoms with van der Waals surface area (Å²) in [6.07, 6.45) is -1.28. The summed E-state index contributed by atoms with van der Waals surface area (Å²) in [6.45, 7) is 3.65. The Morgan fingerprint density at radius 1 is 1.24 bits per heavy atom. The summed E-state index contributed by atoms with van der Waals surface area (Å²) in [5.74, 6) is -0.419. The number of ether oxygens (including phenoxy) is 3. The number of aliphatic hydroxyl groups excluding tert-OH is 1. The number of hydrogen-bond donors (Lipinski definition) is 2. The molecule has 4 rings (SSSR count). The number of nitrogens with zero attached hydrogens (tertiary/aromatic N) is 4. The van der Waals surface area contributed by atoms with Crippen LogP contribution in [0.4, 0.5) is 24.1 Å². The van der Waals surface area contributed by atoms with Gasteiger partial charge in [0.25, 0.3) is 5.91 Å². The van der Waals surface area contributed by atoms with E-state index in [0.717, 1.165) is 30.2 Å².